The Morgan fingerprint density at radius 3 is 2.86 bits per heavy atom. The summed E-state index contributed by atoms with van der Waals surface area (Å²) in [6.45, 7) is 0.869. The van der Waals surface area contributed by atoms with Crippen molar-refractivity contribution in [3.05, 3.63) is 0 Å². The maximum absolute atomic E-state index is 9.13. The quantitative estimate of drug-likeness (QED) is 0.613. The number of rotatable bonds is 3. The third-order valence-corrected chi connectivity index (χ3v) is 2.58. The zero-order valence-corrected chi connectivity index (χ0v) is 8.14. The molecule has 0 atom stereocenters. The van der Waals surface area contributed by atoms with E-state index in [0.717, 1.165) is 19.4 Å². The summed E-state index contributed by atoms with van der Waals surface area (Å²) in [5.74, 6) is 1.50. The van der Waals surface area contributed by atoms with Gasteiger partial charge in [-0.15, -0.1) is 5.10 Å². The molecule has 0 amide bonds. The van der Waals surface area contributed by atoms with E-state index in [0.29, 0.717) is 17.8 Å². The van der Waals surface area contributed by atoms with Crippen molar-refractivity contribution in [1.29, 1.82) is 0 Å². The normalized spacial score (nSPS) is 25.9. The molecule has 0 radical (unpaired) electrons. The Morgan fingerprint density at radius 1 is 1.64 bits per heavy atom. The van der Waals surface area contributed by atoms with E-state index in [1.54, 1.807) is 0 Å². The van der Waals surface area contributed by atoms with Gasteiger partial charge in [-0.3, -0.25) is 0 Å². The molecular weight excluding hydrogens is 182 g/mol. The lowest BCUT2D eigenvalue weighted by molar-refractivity contribution is 0.0463. The van der Waals surface area contributed by atoms with E-state index >= 15 is 0 Å². The van der Waals surface area contributed by atoms with Crippen LogP contribution in [0.5, 0.6) is 0 Å². The lowest BCUT2D eigenvalue weighted by Crippen LogP contribution is -2.37. The Bertz CT molecular complexity index is 306. The Kier molecular flexibility index (Phi) is 2.28. The van der Waals surface area contributed by atoms with Gasteiger partial charge in [0, 0.05) is 13.6 Å². The van der Waals surface area contributed by atoms with Gasteiger partial charge in [-0.05, 0) is 18.8 Å². The van der Waals surface area contributed by atoms with Crippen LogP contribution in [0.3, 0.4) is 0 Å². The summed E-state index contributed by atoms with van der Waals surface area (Å²) >= 11 is 0. The Balaban J connectivity index is 1.86. The van der Waals surface area contributed by atoms with Gasteiger partial charge in [-0.1, -0.05) is 0 Å². The van der Waals surface area contributed by atoms with E-state index < -0.39 is 0 Å². The molecule has 6 nitrogen and oxygen atoms in total. The summed E-state index contributed by atoms with van der Waals surface area (Å²) in [6.07, 6.45) is 1.65. The highest BCUT2D eigenvalue weighted by Crippen LogP contribution is 2.28. The first-order valence-corrected chi connectivity index (χ1v) is 4.72. The molecule has 1 fully saturated rings. The van der Waals surface area contributed by atoms with Crippen LogP contribution in [0.15, 0.2) is 0 Å². The van der Waals surface area contributed by atoms with Crippen molar-refractivity contribution in [3.8, 4) is 0 Å². The van der Waals surface area contributed by atoms with Gasteiger partial charge >= 0.3 is 0 Å². The van der Waals surface area contributed by atoms with Crippen molar-refractivity contribution in [1.82, 2.24) is 15.2 Å². The van der Waals surface area contributed by atoms with Crippen molar-refractivity contribution >= 4 is 11.9 Å². The first kappa shape index (κ1) is 9.26. The number of nitrogens with zero attached hydrogens (tertiary/aromatic N) is 3. The number of hydrogen-bond acceptors (Lipinski definition) is 5. The van der Waals surface area contributed by atoms with Crippen molar-refractivity contribution in [3.63, 3.8) is 0 Å². The molecule has 0 aliphatic heterocycles. The minimum atomic E-state index is -0.106. The molecule has 6 heteroatoms. The average molecular weight is 197 g/mol. The van der Waals surface area contributed by atoms with E-state index in [4.69, 9.17) is 10.8 Å². The number of aromatic amines is 1. The summed E-state index contributed by atoms with van der Waals surface area (Å²) < 4.78 is 0. The van der Waals surface area contributed by atoms with Gasteiger partial charge < -0.3 is 15.7 Å². The Labute approximate surface area is 82.1 Å². The molecule has 14 heavy (non-hydrogen) atoms. The van der Waals surface area contributed by atoms with Crippen molar-refractivity contribution in [2.45, 2.75) is 18.9 Å². The highest BCUT2D eigenvalue weighted by atomic mass is 16.3. The fraction of sp³-hybridized carbons (Fsp3) is 0.750. The first-order valence-electron chi connectivity index (χ1n) is 4.72. The minimum Gasteiger partial charge on any atom is -0.393 e. The van der Waals surface area contributed by atoms with Crippen LogP contribution < -0.4 is 10.6 Å². The summed E-state index contributed by atoms with van der Waals surface area (Å²) in [5.41, 5.74) is 5.42. The Morgan fingerprint density at radius 2 is 2.36 bits per heavy atom. The van der Waals surface area contributed by atoms with E-state index in [1.165, 1.54) is 0 Å². The molecule has 1 aromatic rings. The highest BCUT2D eigenvalue weighted by Gasteiger charge is 2.28. The third-order valence-electron chi connectivity index (χ3n) is 2.58. The number of aromatic nitrogens is 3. The zero-order valence-electron chi connectivity index (χ0n) is 8.14. The molecule has 0 saturated heterocycles. The fourth-order valence-electron chi connectivity index (χ4n) is 1.75. The molecule has 1 aliphatic rings. The lowest BCUT2D eigenvalue weighted by Gasteiger charge is -2.33. The summed E-state index contributed by atoms with van der Waals surface area (Å²) in [7, 11) is 1.92. The van der Waals surface area contributed by atoms with Crippen molar-refractivity contribution < 1.29 is 5.11 Å². The fourth-order valence-corrected chi connectivity index (χ4v) is 1.75. The predicted octanol–water partition coefficient (Wildman–Crippen LogP) is -0.406. The third kappa shape index (κ3) is 1.79. The number of nitrogens with one attached hydrogen (secondary N) is 1. The molecular formula is C8H15N5O. The molecule has 78 valence electrons. The minimum absolute atomic E-state index is 0.106. The monoisotopic (exact) mass is 197 g/mol. The van der Waals surface area contributed by atoms with E-state index in [9.17, 15) is 0 Å². The van der Waals surface area contributed by atoms with Gasteiger partial charge in [0.2, 0.25) is 11.9 Å². The average Bonchev–Trinajstić information content (AvgIpc) is 2.49. The first-order chi connectivity index (χ1) is 6.65. The molecule has 1 saturated carbocycles. The Hall–Kier alpha value is -1.30. The molecule has 0 unspecified atom stereocenters. The topological polar surface area (TPSA) is 91.1 Å². The maximum atomic E-state index is 9.13. The van der Waals surface area contributed by atoms with Crippen LogP contribution in [0.1, 0.15) is 12.8 Å². The second-order valence-electron chi connectivity index (χ2n) is 3.89. The van der Waals surface area contributed by atoms with Crippen LogP contribution in [0.25, 0.3) is 0 Å². The summed E-state index contributed by atoms with van der Waals surface area (Å²) in [5, 5.41) is 15.7. The number of hydrogen-bond donors (Lipinski definition) is 3. The smallest absolute Gasteiger partial charge is 0.246 e. The second-order valence-corrected chi connectivity index (χ2v) is 3.89. The van der Waals surface area contributed by atoms with Gasteiger partial charge in [-0.25, -0.2) is 5.10 Å². The van der Waals surface area contributed by atoms with E-state index in [1.807, 2.05) is 11.9 Å². The van der Waals surface area contributed by atoms with Gasteiger partial charge in [0.25, 0.3) is 0 Å². The van der Waals surface area contributed by atoms with Crippen LogP contribution in [-0.4, -0.2) is 40.0 Å². The summed E-state index contributed by atoms with van der Waals surface area (Å²) in [4.78, 5) is 5.96. The molecule has 1 aromatic heterocycles. The van der Waals surface area contributed by atoms with E-state index in [-0.39, 0.29) is 6.10 Å². The molecule has 4 N–H and O–H groups in total. The van der Waals surface area contributed by atoms with Crippen molar-refractivity contribution in [2.75, 3.05) is 24.2 Å². The molecule has 0 aromatic carbocycles. The van der Waals surface area contributed by atoms with Gasteiger partial charge in [-0.2, -0.15) is 4.98 Å². The van der Waals surface area contributed by atoms with Gasteiger partial charge in [0.1, 0.15) is 0 Å². The van der Waals surface area contributed by atoms with Crippen LogP contribution in [-0.2, 0) is 0 Å². The number of nitrogen functional groups attached to an aromatic ring is 1. The highest BCUT2D eigenvalue weighted by molar-refractivity contribution is 5.32. The second kappa shape index (κ2) is 3.45. The lowest BCUT2D eigenvalue weighted by atomic mass is 9.82. The van der Waals surface area contributed by atoms with Crippen LogP contribution in [0.4, 0.5) is 11.9 Å². The van der Waals surface area contributed by atoms with Gasteiger partial charge in [0.05, 0.1) is 6.10 Å². The molecule has 0 bridgehead atoms. The molecule has 2 rings (SSSR count). The van der Waals surface area contributed by atoms with Crippen molar-refractivity contribution in [2.24, 2.45) is 5.92 Å². The van der Waals surface area contributed by atoms with Gasteiger partial charge in [0.15, 0.2) is 0 Å². The predicted molar refractivity (Wildman–Crippen MR) is 52.8 cm³/mol. The zero-order chi connectivity index (χ0) is 10.1. The number of anilines is 2. The number of H-pyrrole nitrogens is 1. The largest absolute Gasteiger partial charge is 0.393 e. The maximum Gasteiger partial charge on any atom is 0.246 e. The van der Waals surface area contributed by atoms with Crippen LogP contribution >= 0.6 is 0 Å². The van der Waals surface area contributed by atoms with E-state index in [2.05, 4.69) is 15.2 Å². The molecule has 0 spiro atoms. The molecule has 1 aliphatic carbocycles. The summed E-state index contributed by atoms with van der Waals surface area (Å²) in [6, 6.07) is 0. The number of aliphatic hydroxyl groups excluding tert-OH is 1. The molecule has 1 heterocycles. The van der Waals surface area contributed by atoms with Crippen LogP contribution in [0, 0.1) is 5.92 Å². The number of nitrogens with two attached hydrogens (primary N) is 1. The standard InChI is InChI=1S/C8H15N5O/c1-13(4-5-2-6(14)3-5)8-10-7(9)11-12-8/h5-6,14H,2-4H2,1H3,(H3,9,10,11,12). The number of aliphatic hydroxyl groups is 1. The van der Waals surface area contributed by atoms with Crippen LogP contribution in [0.2, 0.25) is 0 Å². The SMILES string of the molecule is CN(CC1CC(O)C1)c1n[nH]c(N)n1.